The van der Waals surface area contributed by atoms with Gasteiger partial charge in [0.1, 0.15) is 0 Å². The molecule has 2 rings (SSSR count). The average molecular weight is 234 g/mol. The Morgan fingerprint density at radius 2 is 2.41 bits per heavy atom. The molecule has 0 saturated carbocycles. The lowest BCUT2D eigenvalue weighted by Crippen LogP contribution is -2.48. The summed E-state index contributed by atoms with van der Waals surface area (Å²) in [6.07, 6.45) is 6.46. The van der Waals surface area contributed by atoms with Gasteiger partial charge in [0, 0.05) is 19.1 Å². The van der Waals surface area contributed by atoms with E-state index in [1.54, 1.807) is 12.3 Å². The standard InChI is InChI=1S/C12H18N4O/c1-13-9-11-4-2-3-7-16(11)12(17)10-5-6-14-15-8-10/h5-6,8,11,13H,2-4,7,9H2,1H3. The summed E-state index contributed by atoms with van der Waals surface area (Å²) in [6.45, 7) is 1.69. The van der Waals surface area contributed by atoms with Crippen LogP contribution in [0.5, 0.6) is 0 Å². The molecule has 0 aromatic carbocycles. The van der Waals surface area contributed by atoms with E-state index in [4.69, 9.17) is 0 Å². The van der Waals surface area contributed by atoms with Crippen LogP contribution >= 0.6 is 0 Å². The van der Waals surface area contributed by atoms with Crippen molar-refractivity contribution in [2.75, 3.05) is 20.1 Å². The topological polar surface area (TPSA) is 58.1 Å². The van der Waals surface area contributed by atoms with E-state index < -0.39 is 0 Å². The number of nitrogens with zero attached hydrogens (tertiary/aromatic N) is 3. The zero-order valence-corrected chi connectivity index (χ0v) is 10.1. The monoisotopic (exact) mass is 234 g/mol. The Morgan fingerprint density at radius 1 is 1.53 bits per heavy atom. The number of likely N-dealkylation sites (tertiary alicyclic amines) is 1. The van der Waals surface area contributed by atoms with Crippen molar-refractivity contribution in [1.82, 2.24) is 20.4 Å². The number of carbonyl (C=O) groups excluding carboxylic acids is 1. The summed E-state index contributed by atoms with van der Waals surface area (Å²) in [4.78, 5) is 14.3. The average Bonchev–Trinajstić information content (AvgIpc) is 2.40. The van der Waals surface area contributed by atoms with Crippen LogP contribution in [0.2, 0.25) is 0 Å². The number of rotatable bonds is 3. The molecule has 1 aliphatic heterocycles. The van der Waals surface area contributed by atoms with E-state index in [9.17, 15) is 4.79 Å². The lowest BCUT2D eigenvalue weighted by molar-refractivity contribution is 0.0614. The summed E-state index contributed by atoms with van der Waals surface area (Å²) in [5.74, 6) is 0.0693. The molecule has 0 aliphatic carbocycles. The molecule has 2 heterocycles. The number of amides is 1. The predicted molar refractivity (Wildman–Crippen MR) is 64.6 cm³/mol. The Bertz CT molecular complexity index is 366. The smallest absolute Gasteiger partial charge is 0.255 e. The van der Waals surface area contributed by atoms with E-state index in [1.807, 2.05) is 11.9 Å². The lowest BCUT2D eigenvalue weighted by atomic mass is 10.0. The van der Waals surface area contributed by atoms with Crippen LogP contribution in [-0.2, 0) is 0 Å². The molecule has 0 bridgehead atoms. The predicted octanol–water partition coefficient (Wildman–Crippen LogP) is 0.691. The van der Waals surface area contributed by atoms with E-state index in [0.29, 0.717) is 11.6 Å². The Labute approximate surface area is 101 Å². The highest BCUT2D eigenvalue weighted by Gasteiger charge is 2.26. The second kappa shape index (κ2) is 5.72. The molecule has 1 aliphatic rings. The van der Waals surface area contributed by atoms with Gasteiger partial charge in [-0.3, -0.25) is 4.79 Å². The van der Waals surface area contributed by atoms with E-state index >= 15 is 0 Å². The van der Waals surface area contributed by atoms with Gasteiger partial charge < -0.3 is 10.2 Å². The third kappa shape index (κ3) is 2.79. The van der Waals surface area contributed by atoms with Crippen molar-refractivity contribution >= 4 is 5.91 Å². The molecule has 0 radical (unpaired) electrons. The molecule has 1 aromatic rings. The Balaban J connectivity index is 2.11. The fourth-order valence-electron chi connectivity index (χ4n) is 2.30. The SMILES string of the molecule is CNCC1CCCCN1C(=O)c1ccnnc1. The van der Waals surface area contributed by atoms with Gasteiger partial charge in [-0.1, -0.05) is 0 Å². The Hall–Kier alpha value is -1.49. The second-order valence-corrected chi connectivity index (χ2v) is 4.34. The minimum absolute atomic E-state index is 0.0693. The van der Waals surface area contributed by atoms with Crippen molar-refractivity contribution in [1.29, 1.82) is 0 Å². The van der Waals surface area contributed by atoms with Crippen molar-refractivity contribution < 1.29 is 4.79 Å². The van der Waals surface area contributed by atoms with Gasteiger partial charge >= 0.3 is 0 Å². The zero-order valence-electron chi connectivity index (χ0n) is 10.1. The van der Waals surface area contributed by atoms with Crippen molar-refractivity contribution in [2.24, 2.45) is 0 Å². The first-order valence-corrected chi connectivity index (χ1v) is 6.05. The molecule has 1 amide bonds. The molecule has 1 fully saturated rings. The fraction of sp³-hybridized carbons (Fsp3) is 0.583. The molecule has 1 N–H and O–H groups in total. The van der Waals surface area contributed by atoms with E-state index in [2.05, 4.69) is 15.5 Å². The summed E-state index contributed by atoms with van der Waals surface area (Å²) in [5, 5.41) is 10.6. The number of hydrogen-bond donors (Lipinski definition) is 1. The largest absolute Gasteiger partial charge is 0.334 e. The highest BCUT2D eigenvalue weighted by molar-refractivity contribution is 5.94. The maximum Gasteiger partial charge on any atom is 0.255 e. The Kier molecular flexibility index (Phi) is 4.03. The van der Waals surface area contributed by atoms with Crippen molar-refractivity contribution in [3.05, 3.63) is 24.0 Å². The van der Waals surface area contributed by atoms with Crippen LogP contribution in [0, 0.1) is 0 Å². The van der Waals surface area contributed by atoms with Gasteiger partial charge in [-0.25, -0.2) is 0 Å². The summed E-state index contributed by atoms with van der Waals surface area (Å²) in [7, 11) is 1.92. The first-order chi connectivity index (χ1) is 8.33. The van der Waals surface area contributed by atoms with Crippen LogP contribution in [0.15, 0.2) is 18.5 Å². The van der Waals surface area contributed by atoms with Crippen LogP contribution in [0.25, 0.3) is 0 Å². The van der Waals surface area contributed by atoms with Gasteiger partial charge in [0.2, 0.25) is 0 Å². The van der Waals surface area contributed by atoms with Crippen molar-refractivity contribution in [3.63, 3.8) is 0 Å². The van der Waals surface area contributed by atoms with Crippen LogP contribution in [0.4, 0.5) is 0 Å². The highest BCUT2D eigenvalue weighted by atomic mass is 16.2. The Morgan fingerprint density at radius 3 is 3.12 bits per heavy atom. The molecule has 1 saturated heterocycles. The number of piperidine rings is 1. The first-order valence-electron chi connectivity index (χ1n) is 6.05. The maximum absolute atomic E-state index is 12.3. The molecule has 5 heteroatoms. The van der Waals surface area contributed by atoms with Crippen LogP contribution in [0.3, 0.4) is 0 Å². The van der Waals surface area contributed by atoms with Gasteiger partial charge in [-0.05, 0) is 32.4 Å². The number of hydrogen-bond acceptors (Lipinski definition) is 4. The third-order valence-corrected chi connectivity index (χ3v) is 3.16. The zero-order chi connectivity index (χ0) is 12.1. The van der Waals surface area contributed by atoms with E-state index in [0.717, 1.165) is 25.9 Å². The minimum atomic E-state index is 0.0693. The van der Waals surface area contributed by atoms with Gasteiger partial charge in [0.05, 0.1) is 18.0 Å². The summed E-state index contributed by atoms with van der Waals surface area (Å²) >= 11 is 0. The normalized spacial score (nSPS) is 20.3. The minimum Gasteiger partial charge on any atom is -0.334 e. The van der Waals surface area contributed by atoms with Gasteiger partial charge in [-0.2, -0.15) is 10.2 Å². The molecule has 1 aromatic heterocycles. The maximum atomic E-state index is 12.3. The van der Waals surface area contributed by atoms with Crippen LogP contribution in [0.1, 0.15) is 29.6 Å². The molecule has 92 valence electrons. The van der Waals surface area contributed by atoms with Crippen molar-refractivity contribution in [2.45, 2.75) is 25.3 Å². The quantitative estimate of drug-likeness (QED) is 0.836. The number of likely N-dealkylation sites (N-methyl/N-ethyl adjacent to an activating group) is 1. The highest BCUT2D eigenvalue weighted by Crippen LogP contribution is 2.18. The first kappa shape index (κ1) is 12.0. The summed E-state index contributed by atoms with van der Waals surface area (Å²) < 4.78 is 0. The van der Waals surface area contributed by atoms with Crippen LogP contribution < -0.4 is 5.32 Å². The number of aromatic nitrogens is 2. The fourth-order valence-corrected chi connectivity index (χ4v) is 2.30. The number of carbonyl (C=O) groups is 1. The van der Waals surface area contributed by atoms with Gasteiger partial charge in [-0.15, -0.1) is 0 Å². The summed E-state index contributed by atoms with van der Waals surface area (Å²) in [5.41, 5.74) is 0.628. The summed E-state index contributed by atoms with van der Waals surface area (Å²) in [6, 6.07) is 2.02. The van der Waals surface area contributed by atoms with Crippen molar-refractivity contribution in [3.8, 4) is 0 Å². The second-order valence-electron chi connectivity index (χ2n) is 4.34. The van der Waals surface area contributed by atoms with E-state index in [1.165, 1.54) is 12.6 Å². The molecule has 5 nitrogen and oxygen atoms in total. The third-order valence-electron chi connectivity index (χ3n) is 3.16. The molecule has 17 heavy (non-hydrogen) atoms. The van der Waals surface area contributed by atoms with Gasteiger partial charge in [0.15, 0.2) is 0 Å². The van der Waals surface area contributed by atoms with Crippen LogP contribution in [-0.4, -0.2) is 47.2 Å². The molecule has 1 unspecified atom stereocenters. The number of nitrogens with one attached hydrogen (secondary N) is 1. The molecule has 1 atom stereocenters. The molecular weight excluding hydrogens is 216 g/mol. The van der Waals surface area contributed by atoms with Gasteiger partial charge in [0.25, 0.3) is 5.91 Å². The molecule has 0 spiro atoms. The molecular formula is C12H18N4O. The lowest BCUT2D eigenvalue weighted by Gasteiger charge is -2.35. The van der Waals surface area contributed by atoms with E-state index in [-0.39, 0.29) is 5.91 Å².